The summed E-state index contributed by atoms with van der Waals surface area (Å²) in [5.41, 5.74) is 4.47. The van der Waals surface area contributed by atoms with Gasteiger partial charge in [-0.25, -0.2) is 0 Å². The van der Waals surface area contributed by atoms with Crippen LogP contribution in [0.4, 0.5) is 0 Å². The lowest BCUT2D eigenvalue weighted by Gasteiger charge is -2.35. The second kappa shape index (κ2) is 11.3. The van der Waals surface area contributed by atoms with Crippen LogP contribution in [-0.4, -0.2) is 90.9 Å². The van der Waals surface area contributed by atoms with Crippen molar-refractivity contribution in [3.05, 3.63) is 64.7 Å². The standard InChI is InChI=1S/C29H39N3O4/c1-21(31-13-10-26(35-2)11-14-31)23-7-8-27-28(17-23)36-16-15-32(29(27)34)20-25(33)19-30-12-9-22-5-3-4-6-24(22)18-30/h3-8,17,21,25-26,33H,9-16,18-20H2,1-2H3. The lowest BCUT2D eigenvalue weighted by Crippen LogP contribution is -2.44. The fourth-order valence-electron chi connectivity index (χ4n) is 5.84. The first-order valence-corrected chi connectivity index (χ1v) is 13.3. The Bertz CT molecular complexity index is 1050. The first-order chi connectivity index (χ1) is 17.5. The molecule has 0 aliphatic carbocycles. The maximum absolute atomic E-state index is 13.4. The van der Waals surface area contributed by atoms with Crippen LogP contribution in [-0.2, 0) is 17.7 Å². The van der Waals surface area contributed by atoms with Crippen molar-refractivity contribution < 1.29 is 19.4 Å². The minimum absolute atomic E-state index is 0.0642. The largest absolute Gasteiger partial charge is 0.491 e. The highest BCUT2D eigenvalue weighted by molar-refractivity contribution is 5.97. The summed E-state index contributed by atoms with van der Waals surface area (Å²) in [6.45, 7) is 7.77. The number of carbonyl (C=O) groups excluding carboxylic acids is 1. The molecule has 5 rings (SSSR count). The Hall–Kier alpha value is -2.45. The zero-order valence-corrected chi connectivity index (χ0v) is 21.6. The molecule has 2 aromatic rings. The van der Waals surface area contributed by atoms with Gasteiger partial charge in [0.15, 0.2) is 0 Å². The van der Waals surface area contributed by atoms with Crippen LogP contribution in [0, 0.1) is 0 Å². The Morgan fingerprint density at radius 3 is 2.61 bits per heavy atom. The SMILES string of the molecule is COC1CCN(C(C)c2ccc3c(c2)OCCN(CC(O)CN2CCc4ccccc4C2)C3=O)CC1. The van der Waals surface area contributed by atoms with Crippen LogP contribution in [0.1, 0.15) is 52.9 Å². The maximum Gasteiger partial charge on any atom is 0.257 e. The molecule has 1 amide bonds. The van der Waals surface area contributed by atoms with E-state index in [-0.39, 0.29) is 11.9 Å². The highest BCUT2D eigenvalue weighted by Gasteiger charge is 2.29. The second-order valence-corrected chi connectivity index (χ2v) is 10.4. The number of piperidine rings is 1. The third kappa shape index (κ3) is 5.59. The summed E-state index contributed by atoms with van der Waals surface area (Å²) >= 11 is 0. The summed E-state index contributed by atoms with van der Waals surface area (Å²) in [5.74, 6) is 0.589. The van der Waals surface area contributed by atoms with E-state index in [0.29, 0.717) is 43.7 Å². The van der Waals surface area contributed by atoms with E-state index in [0.717, 1.165) is 51.0 Å². The number of aliphatic hydroxyl groups excluding tert-OH is 1. The van der Waals surface area contributed by atoms with Crippen molar-refractivity contribution in [2.24, 2.45) is 0 Å². The topological polar surface area (TPSA) is 65.5 Å². The lowest BCUT2D eigenvalue weighted by molar-refractivity contribution is 0.0294. The van der Waals surface area contributed by atoms with E-state index < -0.39 is 6.10 Å². The van der Waals surface area contributed by atoms with Crippen molar-refractivity contribution in [2.75, 3.05) is 53.0 Å². The van der Waals surface area contributed by atoms with Gasteiger partial charge in [-0.1, -0.05) is 30.3 Å². The van der Waals surface area contributed by atoms with Crippen LogP contribution in [0.5, 0.6) is 5.75 Å². The van der Waals surface area contributed by atoms with E-state index in [4.69, 9.17) is 9.47 Å². The number of rotatable bonds is 7. The Morgan fingerprint density at radius 2 is 1.83 bits per heavy atom. The zero-order valence-electron chi connectivity index (χ0n) is 21.6. The molecule has 0 bridgehead atoms. The molecule has 2 aromatic carbocycles. The Labute approximate surface area is 214 Å². The Balaban J connectivity index is 1.20. The maximum atomic E-state index is 13.4. The van der Waals surface area contributed by atoms with E-state index in [1.54, 1.807) is 12.0 Å². The Kier molecular flexibility index (Phi) is 7.91. The minimum Gasteiger partial charge on any atom is -0.491 e. The molecule has 194 valence electrons. The molecular formula is C29H39N3O4. The summed E-state index contributed by atoms with van der Waals surface area (Å²) in [4.78, 5) is 19.9. The molecule has 3 heterocycles. The van der Waals surface area contributed by atoms with Crippen LogP contribution >= 0.6 is 0 Å². The molecule has 1 N–H and O–H groups in total. The van der Waals surface area contributed by atoms with Gasteiger partial charge in [-0.2, -0.15) is 0 Å². The molecule has 2 atom stereocenters. The normalized spacial score (nSPS) is 21.3. The summed E-state index contributed by atoms with van der Waals surface area (Å²) in [6.07, 6.45) is 2.84. The number of ether oxygens (including phenoxy) is 2. The molecule has 2 unspecified atom stereocenters. The van der Waals surface area contributed by atoms with Crippen molar-refractivity contribution in [3.63, 3.8) is 0 Å². The van der Waals surface area contributed by atoms with Gasteiger partial charge in [0.1, 0.15) is 12.4 Å². The average molecular weight is 494 g/mol. The smallest absolute Gasteiger partial charge is 0.257 e. The van der Waals surface area contributed by atoms with E-state index in [2.05, 4.69) is 47.1 Å². The number of hydrogen-bond acceptors (Lipinski definition) is 6. The molecule has 0 aromatic heterocycles. The minimum atomic E-state index is -0.602. The second-order valence-electron chi connectivity index (χ2n) is 10.4. The van der Waals surface area contributed by atoms with Crippen LogP contribution in [0.15, 0.2) is 42.5 Å². The number of fused-ring (bicyclic) bond motifs is 2. The van der Waals surface area contributed by atoms with E-state index in [1.165, 1.54) is 11.1 Å². The fourth-order valence-corrected chi connectivity index (χ4v) is 5.84. The number of likely N-dealkylation sites (tertiary alicyclic amines) is 1. The fraction of sp³-hybridized carbons (Fsp3) is 0.552. The van der Waals surface area contributed by atoms with Gasteiger partial charge in [0.25, 0.3) is 5.91 Å². The van der Waals surface area contributed by atoms with Crippen molar-refractivity contribution in [2.45, 2.75) is 51.0 Å². The first-order valence-electron chi connectivity index (χ1n) is 13.3. The number of methoxy groups -OCH3 is 1. The van der Waals surface area contributed by atoms with Gasteiger partial charge in [0.05, 0.1) is 24.3 Å². The quantitative estimate of drug-likeness (QED) is 0.640. The summed E-state index contributed by atoms with van der Waals surface area (Å²) in [6, 6.07) is 14.7. The third-order valence-corrected chi connectivity index (χ3v) is 8.09. The molecule has 36 heavy (non-hydrogen) atoms. The highest BCUT2D eigenvalue weighted by atomic mass is 16.5. The number of carbonyl (C=O) groups is 1. The van der Waals surface area contributed by atoms with Crippen molar-refractivity contribution >= 4 is 5.91 Å². The first kappa shape index (κ1) is 25.2. The molecule has 1 saturated heterocycles. The zero-order chi connectivity index (χ0) is 25.1. The molecule has 3 aliphatic heterocycles. The number of amides is 1. The number of hydrogen-bond donors (Lipinski definition) is 1. The Morgan fingerprint density at radius 1 is 1.06 bits per heavy atom. The number of β-amino-alcohol motifs (C(OH)–C–C–N with tert-alkyl or cyclic N) is 1. The van der Waals surface area contributed by atoms with Gasteiger partial charge < -0.3 is 19.5 Å². The van der Waals surface area contributed by atoms with Crippen LogP contribution < -0.4 is 4.74 Å². The molecule has 0 saturated carbocycles. The number of nitrogens with zero attached hydrogens (tertiary/aromatic N) is 3. The van der Waals surface area contributed by atoms with Gasteiger partial charge >= 0.3 is 0 Å². The molecular weight excluding hydrogens is 454 g/mol. The summed E-state index contributed by atoms with van der Waals surface area (Å²) in [7, 11) is 1.79. The van der Waals surface area contributed by atoms with Crippen LogP contribution in [0.2, 0.25) is 0 Å². The number of benzene rings is 2. The number of aliphatic hydroxyl groups is 1. The van der Waals surface area contributed by atoms with E-state index >= 15 is 0 Å². The third-order valence-electron chi connectivity index (χ3n) is 8.09. The summed E-state index contributed by atoms with van der Waals surface area (Å²) in [5, 5.41) is 10.9. The van der Waals surface area contributed by atoms with Gasteiger partial charge in [-0.05, 0) is 55.0 Å². The van der Waals surface area contributed by atoms with Gasteiger partial charge in [0, 0.05) is 52.4 Å². The van der Waals surface area contributed by atoms with E-state index in [9.17, 15) is 9.90 Å². The molecule has 1 fully saturated rings. The monoisotopic (exact) mass is 493 g/mol. The molecule has 0 spiro atoms. The highest BCUT2D eigenvalue weighted by Crippen LogP contribution is 2.31. The molecule has 7 heteroatoms. The molecule has 3 aliphatic rings. The predicted molar refractivity (Wildman–Crippen MR) is 139 cm³/mol. The average Bonchev–Trinajstić information content (AvgIpc) is 3.06. The van der Waals surface area contributed by atoms with Gasteiger partial charge in [0.2, 0.25) is 0 Å². The lowest BCUT2D eigenvalue weighted by atomic mass is 9.99. The van der Waals surface area contributed by atoms with Gasteiger partial charge in [-0.15, -0.1) is 0 Å². The van der Waals surface area contributed by atoms with Crippen LogP contribution in [0.3, 0.4) is 0 Å². The van der Waals surface area contributed by atoms with Crippen molar-refractivity contribution in [1.82, 2.24) is 14.7 Å². The molecule has 0 radical (unpaired) electrons. The molecule has 7 nitrogen and oxygen atoms in total. The van der Waals surface area contributed by atoms with Crippen LogP contribution in [0.25, 0.3) is 0 Å². The van der Waals surface area contributed by atoms with Crippen molar-refractivity contribution in [3.8, 4) is 5.75 Å². The summed E-state index contributed by atoms with van der Waals surface area (Å²) < 4.78 is 11.5. The van der Waals surface area contributed by atoms with E-state index in [1.807, 2.05) is 12.1 Å². The predicted octanol–water partition coefficient (Wildman–Crippen LogP) is 3.11. The van der Waals surface area contributed by atoms with Gasteiger partial charge in [-0.3, -0.25) is 14.6 Å². The van der Waals surface area contributed by atoms with Crippen molar-refractivity contribution in [1.29, 1.82) is 0 Å².